The second-order valence-electron chi connectivity index (χ2n) is 4.92. The fourth-order valence-corrected chi connectivity index (χ4v) is 3.79. The summed E-state index contributed by atoms with van der Waals surface area (Å²) in [4.78, 5) is 10.0. The number of sulfonamides is 1. The maximum atomic E-state index is 12.4. The molecule has 1 aromatic carbocycles. The van der Waals surface area contributed by atoms with Gasteiger partial charge >= 0.3 is 0 Å². The van der Waals surface area contributed by atoms with E-state index in [-0.39, 0.29) is 10.6 Å². The van der Waals surface area contributed by atoms with Gasteiger partial charge in [0.2, 0.25) is 10.0 Å². The van der Waals surface area contributed by atoms with Crippen molar-refractivity contribution in [2.24, 2.45) is 0 Å². The molecule has 0 aliphatic carbocycles. The van der Waals surface area contributed by atoms with Crippen molar-refractivity contribution < 1.29 is 13.3 Å². The SMILES string of the molecule is CCC(CC)(CC)NS(=O)(=O)c1ccc(N)c([N+](=O)[O-])c1. The van der Waals surface area contributed by atoms with E-state index in [2.05, 4.69) is 4.72 Å². The first-order chi connectivity index (χ1) is 9.71. The number of nitrogen functional groups attached to an aromatic ring is 1. The molecule has 0 saturated carbocycles. The van der Waals surface area contributed by atoms with Crippen LogP contribution in [0.3, 0.4) is 0 Å². The van der Waals surface area contributed by atoms with E-state index in [0.29, 0.717) is 19.3 Å². The number of nitro benzene ring substituents is 1. The van der Waals surface area contributed by atoms with Gasteiger partial charge in [-0.1, -0.05) is 20.8 Å². The first-order valence-electron chi connectivity index (χ1n) is 6.79. The zero-order valence-corrected chi connectivity index (χ0v) is 13.2. The summed E-state index contributed by atoms with van der Waals surface area (Å²) in [6.07, 6.45) is 1.91. The number of rotatable bonds is 7. The van der Waals surface area contributed by atoms with Crippen LogP contribution in [0.15, 0.2) is 23.1 Å². The van der Waals surface area contributed by atoms with Gasteiger partial charge < -0.3 is 5.73 Å². The van der Waals surface area contributed by atoms with E-state index in [0.717, 1.165) is 6.07 Å². The summed E-state index contributed by atoms with van der Waals surface area (Å²) in [6.45, 7) is 5.71. The lowest BCUT2D eigenvalue weighted by Crippen LogP contribution is -2.46. The van der Waals surface area contributed by atoms with Gasteiger partial charge in [-0.3, -0.25) is 10.1 Å². The van der Waals surface area contributed by atoms with E-state index >= 15 is 0 Å². The molecule has 118 valence electrons. The fourth-order valence-electron chi connectivity index (χ4n) is 2.16. The Morgan fingerprint density at radius 3 is 2.19 bits per heavy atom. The van der Waals surface area contributed by atoms with Gasteiger partial charge in [-0.25, -0.2) is 13.1 Å². The van der Waals surface area contributed by atoms with Crippen LogP contribution in [0.5, 0.6) is 0 Å². The van der Waals surface area contributed by atoms with Crippen molar-refractivity contribution in [3.8, 4) is 0 Å². The second kappa shape index (κ2) is 6.40. The van der Waals surface area contributed by atoms with Gasteiger partial charge in [0.1, 0.15) is 5.69 Å². The Morgan fingerprint density at radius 2 is 1.76 bits per heavy atom. The molecule has 0 atom stereocenters. The van der Waals surface area contributed by atoms with Gasteiger partial charge in [0.25, 0.3) is 5.69 Å². The number of nitro groups is 1. The van der Waals surface area contributed by atoms with Crippen LogP contribution in [-0.2, 0) is 10.0 Å². The molecule has 0 aromatic heterocycles. The van der Waals surface area contributed by atoms with Gasteiger partial charge in [0.15, 0.2) is 0 Å². The summed E-state index contributed by atoms with van der Waals surface area (Å²) in [5.41, 5.74) is 4.46. The predicted molar refractivity (Wildman–Crippen MR) is 81.4 cm³/mol. The van der Waals surface area contributed by atoms with E-state index in [1.165, 1.54) is 12.1 Å². The van der Waals surface area contributed by atoms with Crippen molar-refractivity contribution in [2.75, 3.05) is 5.73 Å². The Morgan fingerprint density at radius 1 is 1.24 bits per heavy atom. The Hall–Kier alpha value is -1.67. The molecule has 21 heavy (non-hydrogen) atoms. The molecule has 0 fully saturated rings. The molecule has 0 saturated heterocycles. The molecule has 0 aliphatic rings. The lowest BCUT2D eigenvalue weighted by molar-refractivity contribution is -0.384. The highest BCUT2D eigenvalue weighted by molar-refractivity contribution is 7.89. The first kappa shape index (κ1) is 17.4. The van der Waals surface area contributed by atoms with Gasteiger partial charge in [-0.2, -0.15) is 0 Å². The number of nitrogens with one attached hydrogen (secondary N) is 1. The first-order valence-corrected chi connectivity index (χ1v) is 8.27. The van der Waals surface area contributed by atoms with Crippen LogP contribution < -0.4 is 10.5 Å². The number of hydrogen-bond acceptors (Lipinski definition) is 5. The summed E-state index contributed by atoms with van der Waals surface area (Å²) < 4.78 is 27.5. The minimum atomic E-state index is -3.84. The largest absolute Gasteiger partial charge is 0.393 e. The maximum Gasteiger partial charge on any atom is 0.293 e. The Bertz CT molecular complexity index is 616. The molecule has 3 N–H and O–H groups in total. The van der Waals surface area contributed by atoms with Crippen LogP contribution in [0, 0.1) is 10.1 Å². The molecule has 1 aromatic rings. The molecule has 0 amide bonds. The monoisotopic (exact) mass is 315 g/mol. The van der Waals surface area contributed by atoms with Crippen LogP contribution in [0.4, 0.5) is 11.4 Å². The third-order valence-corrected chi connectivity index (χ3v) is 5.47. The zero-order chi connectivity index (χ0) is 16.3. The van der Waals surface area contributed by atoms with Crippen LogP contribution in [0.1, 0.15) is 40.0 Å². The molecule has 0 aliphatic heterocycles. The number of benzene rings is 1. The highest BCUT2D eigenvalue weighted by atomic mass is 32.2. The zero-order valence-electron chi connectivity index (χ0n) is 12.4. The lowest BCUT2D eigenvalue weighted by Gasteiger charge is -2.31. The lowest BCUT2D eigenvalue weighted by atomic mass is 9.91. The van der Waals surface area contributed by atoms with E-state index < -0.39 is 26.2 Å². The smallest absolute Gasteiger partial charge is 0.293 e. The molecule has 0 bridgehead atoms. The van der Waals surface area contributed by atoms with E-state index in [9.17, 15) is 18.5 Å². The van der Waals surface area contributed by atoms with Gasteiger partial charge in [-0.05, 0) is 31.4 Å². The van der Waals surface area contributed by atoms with Crippen LogP contribution >= 0.6 is 0 Å². The maximum absolute atomic E-state index is 12.4. The van der Waals surface area contributed by atoms with Crippen LogP contribution in [0.2, 0.25) is 0 Å². The topological polar surface area (TPSA) is 115 Å². The number of nitrogens with two attached hydrogens (primary N) is 1. The third kappa shape index (κ3) is 3.70. The Kier molecular flexibility index (Phi) is 5.30. The Labute approximate surface area is 124 Å². The average molecular weight is 315 g/mol. The molecule has 0 unspecified atom stereocenters. The molecule has 1 rings (SSSR count). The standard InChI is InChI=1S/C13H21N3O4S/c1-4-13(5-2,6-3)15-21(19,20)10-7-8-11(14)12(9-10)16(17)18/h7-9,15H,4-6,14H2,1-3H3. The Balaban J connectivity index is 3.26. The molecule has 0 heterocycles. The minimum Gasteiger partial charge on any atom is -0.393 e. The van der Waals surface area contributed by atoms with Crippen molar-refractivity contribution >= 4 is 21.4 Å². The van der Waals surface area contributed by atoms with Crippen molar-refractivity contribution in [1.82, 2.24) is 4.72 Å². The highest BCUT2D eigenvalue weighted by Crippen LogP contribution is 2.27. The molecule has 0 spiro atoms. The molecule has 8 heteroatoms. The summed E-state index contributed by atoms with van der Waals surface area (Å²) in [7, 11) is -3.84. The highest BCUT2D eigenvalue weighted by Gasteiger charge is 2.31. The number of anilines is 1. The second-order valence-corrected chi connectivity index (χ2v) is 6.61. The summed E-state index contributed by atoms with van der Waals surface area (Å²) in [5.74, 6) is 0. The van der Waals surface area contributed by atoms with Gasteiger partial charge in [0, 0.05) is 11.6 Å². The van der Waals surface area contributed by atoms with E-state index in [1.54, 1.807) is 0 Å². The van der Waals surface area contributed by atoms with E-state index in [4.69, 9.17) is 5.73 Å². The van der Waals surface area contributed by atoms with Crippen LogP contribution in [0.25, 0.3) is 0 Å². The summed E-state index contributed by atoms with van der Waals surface area (Å²) in [6, 6.07) is 3.50. The molecule has 7 nitrogen and oxygen atoms in total. The predicted octanol–water partition coefficient (Wildman–Crippen LogP) is 2.42. The van der Waals surface area contributed by atoms with E-state index in [1.807, 2.05) is 20.8 Å². The molecular formula is C13H21N3O4S. The quantitative estimate of drug-likeness (QED) is 0.455. The average Bonchev–Trinajstić information content (AvgIpc) is 2.44. The summed E-state index contributed by atoms with van der Waals surface area (Å²) >= 11 is 0. The molecule has 0 radical (unpaired) electrons. The van der Waals surface area contributed by atoms with Crippen molar-refractivity contribution in [3.63, 3.8) is 0 Å². The number of hydrogen-bond donors (Lipinski definition) is 2. The third-order valence-electron chi connectivity index (χ3n) is 3.89. The van der Waals surface area contributed by atoms with Crippen LogP contribution in [-0.4, -0.2) is 18.9 Å². The van der Waals surface area contributed by atoms with Crippen molar-refractivity contribution in [3.05, 3.63) is 28.3 Å². The molecular weight excluding hydrogens is 294 g/mol. The van der Waals surface area contributed by atoms with Crippen molar-refractivity contribution in [1.29, 1.82) is 0 Å². The normalized spacial score (nSPS) is 12.3. The van der Waals surface area contributed by atoms with Crippen molar-refractivity contribution in [2.45, 2.75) is 50.5 Å². The fraction of sp³-hybridized carbons (Fsp3) is 0.538. The minimum absolute atomic E-state index is 0.0633. The van der Waals surface area contributed by atoms with Gasteiger partial charge in [-0.15, -0.1) is 0 Å². The van der Waals surface area contributed by atoms with Gasteiger partial charge in [0.05, 0.1) is 9.82 Å². The number of nitrogens with zero attached hydrogens (tertiary/aromatic N) is 1. The summed E-state index contributed by atoms with van der Waals surface area (Å²) in [5, 5.41) is 10.9.